The van der Waals surface area contributed by atoms with Crippen molar-refractivity contribution in [3.05, 3.63) is 18.2 Å². The Hall–Kier alpha value is -1.92. The Morgan fingerprint density at radius 2 is 1.74 bits per heavy atom. The summed E-state index contributed by atoms with van der Waals surface area (Å²) in [6.07, 6.45) is -0.0267. The molecule has 11 heteroatoms. The molecular formula is C20H29N3O7S. The number of benzene rings is 1. The number of ether oxygens (including phenoxy) is 4. The molecule has 0 aromatic heterocycles. The highest BCUT2D eigenvalue weighted by molar-refractivity contribution is 7.89. The lowest BCUT2D eigenvalue weighted by atomic mass is 10.2. The van der Waals surface area contributed by atoms with Crippen LogP contribution in [0.5, 0.6) is 11.5 Å². The molecule has 1 amide bonds. The zero-order valence-electron chi connectivity index (χ0n) is 17.5. The molecule has 10 nitrogen and oxygen atoms in total. The Kier molecular flexibility index (Phi) is 7.28. The van der Waals surface area contributed by atoms with Crippen LogP contribution in [0.2, 0.25) is 0 Å². The van der Waals surface area contributed by atoms with Crippen LogP contribution in [0.1, 0.15) is 6.42 Å². The number of nitrogens with one attached hydrogen (secondary N) is 1. The largest absolute Gasteiger partial charge is 0.485 e. The van der Waals surface area contributed by atoms with Crippen molar-refractivity contribution >= 4 is 15.9 Å². The summed E-state index contributed by atoms with van der Waals surface area (Å²) in [4.78, 5) is 16.7. The molecule has 0 spiro atoms. The van der Waals surface area contributed by atoms with Gasteiger partial charge in [0.25, 0.3) is 5.91 Å². The molecule has 3 aliphatic rings. The predicted molar refractivity (Wildman–Crippen MR) is 111 cm³/mol. The molecule has 0 aliphatic carbocycles. The first-order valence-electron chi connectivity index (χ1n) is 10.6. The van der Waals surface area contributed by atoms with Crippen LogP contribution in [-0.4, -0.2) is 103 Å². The minimum absolute atomic E-state index is 0.0413. The SMILES string of the molecule is O=C([C@H]1COc2cc(S(=O)(=O)NCCCN3CCOCC3)ccc2O1)N1CCOCC1. The fourth-order valence-corrected chi connectivity index (χ4v) is 4.83. The summed E-state index contributed by atoms with van der Waals surface area (Å²) in [7, 11) is -3.66. The molecule has 2 saturated heterocycles. The van der Waals surface area contributed by atoms with Crippen molar-refractivity contribution in [3.8, 4) is 11.5 Å². The van der Waals surface area contributed by atoms with Gasteiger partial charge in [-0.15, -0.1) is 0 Å². The van der Waals surface area contributed by atoms with E-state index < -0.39 is 16.1 Å². The van der Waals surface area contributed by atoms with E-state index in [2.05, 4.69) is 9.62 Å². The summed E-state index contributed by atoms with van der Waals surface area (Å²) in [6, 6.07) is 4.44. The van der Waals surface area contributed by atoms with Gasteiger partial charge in [0.2, 0.25) is 16.1 Å². The van der Waals surface area contributed by atoms with E-state index in [1.165, 1.54) is 18.2 Å². The van der Waals surface area contributed by atoms with Gasteiger partial charge < -0.3 is 23.8 Å². The molecular weight excluding hydrogens is 426 g/mol. The van der Waals surface area contributed by atoms with E-state index in [4.69, 9.17) is 18.9 Å². The van der Waals surface area contributed by atoms with Crippen molar-refractivity contribution in [2.24, 2.45) is 0 Å². The van der Waals surface area contributed by atoms with E-state index in [1.807, 2.05) is 0 Å². The second kappa shape index (κ2) is 10.1. The molecule has 31 heavy (non-hydrogen) atoms. The average Bonchev–Trinajstić information content (AvgIpc) is 2.82. The molecule has 172 valence electrons. The quantitative estimate of drug-likeness (QED) is 0.558. The van der Waals surface area contributed by atoms with E-state index in [0.29, 0.717) is 44.3 Å². The van der Waals surface area contributed by atoms with Crippen LogP contribution in [0.15, 0.2) is 23.1 Å². The first kappa shape index (κ1) is 22.3. The highest BCUT2D eigenvalue weighted by atomic mass is 32.2. The Balaban J connectivity index is 1.31. The average molecular weight is 456 g/mol. The van der Waals surface area contributed by atoms with Gasteiger partial charge in [0.05, 0.1) is 31.3 Å². The highest BCUT2D eigenvalue weighted by Gasteiger charge is 2.32. The minimum Gasteiger partial charge on any atom is -0.485 e. The zero-order valence-corrected chi connectivity index (χ0v) is 18.3. The van der Waals surface area contributed by atoms with Crippen molar-refractivity contribution in [1.82, 2.24) is 14.5 Å². The van der Waals surface area contributed by atoms with Crippen LogP contribution < -0.4 is 14.2 Å². The highest BCUT2D eigenvalue weighted by Crippen LogP contribution is 2.34. The van der Waals surface area contributed by atoms with Gasteiger partial charge in [-0.25, -0.2) is 13.1 Å². The van der Waals surface area contributed by atoms with Gasteiger partial charge in [-0.05, 0) is 25.1 Å². The van der Waals surface area contributed by atoms with E-state index in [0.717, 1.165) is 39.3 Å². The standard InChI is InChI=1S/C20H29N3O7S/c24-20(23-8-12-28-13-9-23)19-15-29-18-14-16(2-3-17(18)30-19)31(25,26)21-4-1-5-22-6-10-27-11-7-22/h2-3,14,19,21H,1,4-13,15H2/t19-/m1/s1. The third-order valence-corrected chi connectivity index (χ3v) is 6.99. The lowest BCUT2D eigenvalue weighted by Crippen LogP contribution is -2.50. The summed E-state index contributed by atoms with van der Waals surface area (Å²) < 4.78 is 50.0. The Labute approximate surface area is 182 Å². The molecule has 2 fully saturated rings. The van der Waals surface area contributed by atoms with E-state index in [1.54, 1.807) is 4.90 Å². The normalized spacial score (nSPS) is 22.3. The van der Waals surface area contributed by atoms with Gasteiger partial charge >= 0.3 is 0 Å². The smallest absolute Gasteiger partial charge is 0.267 e. The molecule has 1 aromatic carbocycles. The molecule has 0 unspecified atom stereocenters. The van der Waals surface area contributed by atoms with E-state index in [9.17, 15) is 13.2 Å². The first-order valence-corrected chi connectivity index (χ1v) is 12.1. The summed E-state index contributed by atoms with van der Waals surface area (Å²) in [5, 5.41) is 0. The van der Waals surface area contributed by atoms with Crippen LogP contribution in [-0.2, 0) is 24.3 Å². The number of rotatable bonds is 7. The molecule has 3 aliphatic heterocycles. The third-order valence-electron chi connectivity index (χ3n) is 5.53. The predicted octanol–water partition coefficient (Wildman–Crippen LogP) is -0.314. The summed E-state index contributed by atoms with van der Waals surface area (Å²) in [5.74, 6) is 0.541. The maximum Gasteiger partial charge on any atom is 0.267 e. The molecule has 0 saturated carbocycles. The van der Waals surface area contributed by atoms with Crippen molar-refractivity contribution in [3.63, 3.8) is 0 Å². The van der Waals surface area contributed by atoms with Gasteiger partial charge in [0.1, 0.15) is 6.61 Å². The first-order chi connectivity index (χ1) is 15.0. The van der Waals surface area contributed by atoms with Crippen molar-refractivity contribution in [2.75, 3.05) is 72.3 Å². The Morgan fingerprint density at radius 1 is 1.03 bits per heavy atom. The van der Waals surface area contributed by atoms with Gasteiger partial charge in [-0.2, -0.15) is 0 Å². The number of sulfonamides is 1. The fourth-order valence-electron chi connectivity index (χ4n) is 3.74. The van der Waals surface area contributed by atoms with Crippen molar-refractivity contribution < 1.29 is 32.2 Å². The maximum atomic E-state index is 12.6. The van der Waals surface area contributed by atoms with Crippen LogP contribution in [0, 0.1) is 0 Å². The number of hydrogen-bond donors (Lipinski definition) is 1. The van der Waals surface area contributed by atoms with Gasteiger partial charge in [-0.3, -0.25) is 9.69 Å². The summed E-state index contributed by atoms with van der Waals surface area (Å²) >= 11 is 0. The Bertz CT molecular complexity index is 868. The van der Waals surface area contributed by atoms with Crippen LogP contribution in [0.25, 0.3) is 0 Å². The lowest BCUT2D eigenvalue weighted by Gasteiger charge is -2.32. The number of hydrogen-bond acceptors (Lipinski definition) is 8. The molecule has 1 N–H and O–H groups in total. The second-order valence-corrected chi connectivity index (χ2v) is 9.44. The number of morpholine rings is 2. The third kappa shape index (κ3) is 5.66. The number of amides is 1. The fraction of sp³-hybridized carbons (Fsp3) is 0.650. The molecule has 1 atom stereocenters. The van der Waals surface area contributed by atoms with Gasteiger partial charge in [0.15, 0.2) is 11.5 Å². The van der Waals surface area contributed by atoms with Crippen molar-refractivity contribution in [2.45, 2.75) is 17.4 Å². The second-order valence-electron chi connectivity index (χ2n) is 7.67. The number of fused-ring (bicyclic) bond motifs is 1. The van der Waals surface area contributed by atoms with Crippen LogP contribution in [0.3, 0.4) is 0 Å². The number of carbonyl (C=O) groups excluding carboxylic acids is 1. The maximum absolute atomic E-state index is 12.6. The minimum atomic E-state index is -3.66. The molecule has 4 rings (SSSR count). The lowest BCUT2D eigenvalue weighted by molar-refractivity contribution is -0.145. The summed E-state index contributed by atoms with van der Waals surface area (Å²) in [5.41, 5.74) is 0. The number of nitrogens with zero attached hydrogens (tertiary/aromatic N) is 2. The Morgan fingerprint density at radius 3 is 2.48 bits per heavy atom. The molecule has 1 aromatic rings. The monoisotopic (exact) mass is 455 g/mol. The molecule has 0 radical (unpaired) electrons. The van der Waals surface area contributed by atoms with Gasteiger partial charge in [-0.1, -0.05) is 0 Å². The molecule has 0 bridgehead atoms. The van der Waals surface area contributed by atoms with Gasteiger partial charge in [0, 0.05) is 38.8 Å². The van der Waals surface area contributed by atoms with Crippen LogP contribution >= 0.6 is 0 Å². The summed E-state index contributed by atoms with van der Waals surface area (Å²) in [6.45, 7) is 6.50. The van der Waals surface area contributed by atoms with Crippen LogP contribution in [0.4, 0.5) is 0 Å². The topological polar surface area (TPSA) is 107 Å². The zero-order chi connectivity index (χ0) is 21.7. The van der Waals surface area contributed by atoms with E-state index in [-0.39, 0.29) is 17.4 Å². The van der Waals surface area contributed by atoms with Crippen molar-refractivity contribution in [1.29, 1.82) is 0 Å². The molecule has 3 heterocycles. The number of carbonyl (C=O) groups is 1. The van der Waals surface area contributed by atoms with E-state index >= 15 is 0 Å².